The molecule has 0 bridgehead atoms. The van der Waals surface area contributed by atoms with Crippen LogP contribution in [0.15, 0.2) is 18.2 Å². The average molecular weight is 256 g/mol. The summed E-state index contributed by atoms with van der Waals surface area (Å²) in [6.45, 7) is 6.00. The number of rotatable bonds is 4. The highest BCUT2D eigenvalue weighted by Crippen LogP contribution is 2.17. The zero-order valence-electron chi connectivity index (χ0n) is 10.5. The summed E-state index contributed by atoms with van der Waals surface area (Å²) in [4.78, 5) is 2.28. The second-order valence-electron chi connectivity index (χ2n) is 4.37. The van der Waals surface area contributed by atoms with Gasteiger partial charge in [0.15, 0.2) is 11.6 Å². The molecule has 5 heteroatoms. The maximum absolute atomic E-state index is 13.4. The van der Waals surface area contributed by atoms with Crippen LogP contribution < -0.4 is 5.32 Å². The summed E-state index contributed by atoms with van der Waals surface area (Å²) < 4.78 is 32.0. The van der Waals surface area contributed by atoms with Gasteiger partial charge in [-0.25, -0.2) is 8.78 Å². The third-order valence-corrected chi connectivity index (χ3v) is 3.14. The Bertz CT molecular complexity index is 401. The van der Waals surface area contributed by atoms with Crippen molar-refractivity contribution in [3.05, 3.63) is 29.8 Å². The highest BCUT2D eigenvalue weighted by atomic mass is 19.2. The Hall–Kier alpha value is -1.20. The molecule has 0 aromatic heterocycles. The van der Waals surface area contributed by atoms with Crippen molar-refractivity contribution in [3.8, 4) is 0 Å². The van der Waals surface area contributed by atoms with E-state index in [1.807, 2.05) is 0 Å². The minimum Gasteiger partial charge on any atom is -0.380 e. The third-order valence-electron chi connectivity index (χ3n) is 3.14. The van der Waals surface area contributed by atoms with Gasteiger partial charge in [-0.05, 0) is 18.7 Å². The fraction of sp³-hybridized carbons (Fsp3) is 0.538. The number of nitrogens with zero attached hydrogens (tertiary/aromatic N) is 1. The number of halogens is 2. The van der Waals surface area contributed by atoms with E-state index in [1.54, 1.807) is 0 Å². The first-order chi connectivity index (χ1) is 8.70. The predicted octanol–water partition coefficient (Wildman–Crippen LogP) is 2.10. The first kappa shape index (κ1) is 13.2. The minimum absolute atomic E-state index is 0.0152. The summed E-state index contributed by atoms with van der Waals surface area (Å²) in [5, 5.41) is 2.90. The molecule has 1 N–H and O–H groups in total. The van der Waals surface area contributed by atoms with E-state index in [9.17, 15) is 8.78 Å². The molecule has 18 heavy (non-hydrogen) atoms. The lowest BCUT2D eigenvalue weighted by atomic mass is 10.2. The number of hydrogen-bond donors (Lipinski definition) is 1. The Kier molecular flexibility index (Phi) is 4.49. The molecule has 3 nitrogen and oxygen atoms in total. The molecular weight excluding hydrogens is 238 g/mol. The van der Waals surface area contributed by atoms with E-state index < -0.39 is 11.6 Å². The van der Waals surface area contributed by atoms with Crippen molar-refractivity contribution < 1.29 is 13.5 Å². The molecule has 1 aromatic carbocycles. The molecule has 0 spiro atoms. The molecular formula is C13H18F2N2O. The molecule has 2 rings (SSSR count). The molecule has 0 amide bonds. The van der Waals surface area contributed by atoms with Gasteiger partial charge in [-0.1, -0.05) is 13.0 Å². The number of hydrogen-bond acceptors (Lipinski definition) is 3. The quantitative estimate of drug-likeness (QED) is 0.893. The van der Waals surface area contributed by atoms with Gasteiger partial charge in [-0.2, -0.15) is 0 Å². The van der Waals surface area contributed by atoms with Gasteiger partial charge < -0.3 is 10.1 Å². The Labute approximate surface area is 106 Å². The zero-order valence-corrected chi connectivity index (χ0v) is 10.5. The second kappa shape index (κ2) is 6.11. The smallest absolute Gasteiger partial charge is 0.181 e. The van der Waals surface area contributed by atoms with Crippen LogP contribution in [-0.2, 0) is 4.74 Å². The number of likely N-dealkylation sites (N-methyl/N-ethyl adjacent to an activating group) is 1. The fourth-order valence-electron chi connectivity index (χ4n) is 2.06. The molecule has 1 atom stereocenters. The van der Waals surface area contributed by atoms with Crippen LogP contribution in [-0.4, -0.2) is 43.8 Å². The maximum Gasteiger partial charge on any atom is 0.181 e. The normalized spacial score (nSPS) is 20.9. The first-order valence-electron chi connectivity index (χ1n) is 6.22. The van der Waals surface area contributed by atoms with Crippen molar-refractivity contribution in [1.82, 2.24) is 4.90 Å². The van der Waals surface area contributed by atoms with Crippen LogP contribution in [0, 0.1) is 11.6 Å². The van der Waals surface area contributed by atoms with E-state index in [-0.39, 0.29) is 11.8 Å². The number of benzene rings is 1. The Morgan fingerprint density at radius 3 is 3.06 bits per heavy atom. The molecule has 0 aliphatic carbocycles. The van der Waals surface area contributed by atoms with Crippen LogP contribution in [0.1, 0.15) is 6.92 Å². The number of ether oxygens (including phenoxy) is 1. The molecule has 1 aliphatic rings. The van der Waals surface area contributed by atoms with Crippen molar-refractivity contribution in [2.24, 2.45) is 0 Å². The second-order valence-corrected chi connectivity index (χ2v) is 4.37. The molecule has 100 valence electrons. The first-order valence-corrected chi connectivity index (χ1v) is 6.22. The number of anilines is 1. The summed E-state index contributed by atoms with van der Waals surface area (Å²) >= 11 is 0. The lowest BCUT2D eigenvalue weighted by Crippen LogP contribution is -2.45. The third kappa shape index (κ3) is 3.17. The van der Waals surface area contributed by atoms with Crippen LogP contribution in [0.4, 0.5) is 14.5 Å². The lowest BCUT2D eigenvalue weighted by Gasteiger charge is -2.32. The summed E-state index contributed by atoms with van der Waals surface area (Å²) in [6, 6.07) is 4.12. The van der Waals surface area contributed by atoms with E-state index in [2.05, 4.69) is 17.1 Å². The van der Waals surface area contributed by atoms with Crippen LogP contribution in [0.3, 0.4) is 0 Å². The van der Waals surface area contributed by atoms with Gasteiger partial charge in [0.25, 0.3) is 0 Å². The summed E-state index contributed by atoms with van der Waals surface area (Å²) in [5.74, 6) is -1.67. The van der Waals surface area contributed by atoms with Crippen LogP contribution in [0.2, 0.25) is 0 Å². The highest BCUT2D eigenvalue weighted by Gasteiger charge is 2.19. The summed E-state index contributed by atoms with van der Waals surface area (Å²) in [7, 11) is 0. The molecule has 1 heterocycles. The fourth-order valence-corrected chi connectivity index (χ4v) is 2.06. The Morgan fingerprint density at radius 2 is 2.28 bits per heavy atom. The molecule has 1 fully saturated rings. The molecule has 1 saturated heterocycles. The SMILES string of the molecule is CCN1CCOC(CNc2cccc(F)c2F)C1. The maximum atomic E-state index is 13.4. The van der Waals surface area contributed by atoms with Crippen molar-refractivity contribution in [2.45, 2.75) is 13.0 Å². The van der Waals surface area contributed by atoms with Gasteiger partial charge in [0.2, 0.25) is 0 Å². The zero-order chi connectivity index (χ0) is 13.0. The van der Waals surface area contributed by atoms with Crippen molar-refractivity contribution in [3.63, 3.8) is 0 Å². The molecule has 0 saturated carbocycles. The van der Waals surface area contributed by atoms with E-state index in [0.717, 1.165) is 25.7 Å². The summed E-state index contributed by atoms with van der Waals surface area (Å²) in [5.41, 5.74) is 0.187. The molecule has 1 aromatic rings. The number of nitrogens with one attached hydrogen (secondary N) is 1. The minimum atomic E-state index is -0.834. The van der Waals surface area contributed by atoms with E-state index in [4.69, 9.17) is 4.74 Å². The predicted molar refractivity (Wildman–Crippen MR) is 66.7 cm³/mol. The molecule has 1 unspecified atom stereocenters. The Balaban J connectivity index is 1.89. The lowest BCUT2D eigenvalue weighted by molar-refractivity contribution is -0.0192. The van der Waals surface area contributed by atoms with E-state index in [1.165, 1.54) is 12.1 Å². The van der Waals surface area contributed by atoms with E-state index >= 15 is 0 Å². The van der Waals surface area contributed by atoms with Gasteiger partial charge in [0.1, 0.15) is 0 Å². The molecule has 1 aliphatic heterocycles. The largest absolute Gasteiger partial charge is 0.380 e. The van der Waals surface area contributed by atoms with Gasteiger partial charge in [-0.3, -0.25) is 4.90 Å². The van der Waals surface area contributed by atoms with Crippen molar-refractivity contribution >= 4 is 5.69 Å². The van der Waals surface area contributed by atoms with Crippen molar-refractivity contribution in [1.29, 1.82) is 0 Å². The monoisotopic (exact) mass is 256 g/mol. The van der Waals surface area contributed by atoms with Gasteiger partial charge in [0.05, 0.1) is 18.4 Å². The summed E-state index contributed by atoms with van der Waals surface area (Å²) in [6.07, 6.45) is 0.0152. The Morgan fingerprint density at radius 1 is 1.44 bits per heavy atom. The van der Waals surface area contributed by atoms with Crippen LogP contribution in [0.25, 0.3) is 0 Å². The topological polar surface area (TPSA) is 24.5 Å². The number of morpholine rings is 1. The average Bonchev–Trinajstić information content (AvgIpc) is 2.41. The van der Waals surface area contributed by atoms with Gasteiger partial charge >= 0.3 is 0 Å². The molecule has 0 radical (unpaired) electrons. The van der Waals surface area contributed by atoms with E-state index in [0.29, 0.717) is 13.2 Å². The van der Waals surface area contributed by atoms with Crippen LogP contribution in [0.5, 0.6) is 0 Å². The standard InChI is InChI=1S/C13H18F2N2O/c1-2-17-6-7-18-10(9-17)8-16-12-5-3-4-11(14)13(12)15/h3-5,10,16H,2,6-9H2,1H3. The highest BCUT2D eigenvalue weighted by molar-refractivity contribution is 5.45. The van der Waals surface area contributed by atoms with Gasteiger partial charge in [-0.15, -0.1) is 0 Å². The van der Waals surface area contributed by atoms with Gasteiger partial charge in [0, 0.05) is 19.6 Å². The van der Waals surface area contributed by atoms with Crippen molar-refractivity contribution in [2.75, 3.05) is 38.1 Å². The van der Waals surface area contributed by atoms with Crippen LogP contribution >= 0.6 is 0 Å².